The van der Waals surface area contributed by atoms with Gasteiger partial charge in [-0.25, -0.2) is 0 Å². The lowest BCUT2D eigenvalue weighted by Gasteiger charge is -2.24. The second-order valence-corrected chi connectivity index (χ2v) is 6.30. The third-order valence-corrected chi connectivity index (χ3v) is 4.44. The van der Waals surface area contributed by atoms with Crippen LogP contribution in [0.3, 0.4) is 0 Å². The molecule has 0 spiro atoms. The van der Waals surface area contributed by atoms with Crippen LogP contribution in [-0.4, -0.2) is 35.3 Å². The van der Waals surface area contributed by atoms with Crippen molar-refractivity contribution in [1.82, 2.24) is 5.06 Å². The molecule has 1 N–H and O–H groups in total. The van der Waals surface area contributed by atoms with E-state index >= 15 is 0 Å². The van der Waals surface area contributed by atoms with Crippen LogP contribution in [0.4, 0.5) is 0 Å². The maximum absolute atomic E-state index is 12.6. The summed E-state index contributed by atoms with van der Waals surface area (Å²) in [7, 11) is 0. The van der Waals surface area contributed by atoms with Gasteiger partial charge in [-0.1, -0.05) is 26.7 Å². The van der Waals surface area contributed by atoms with Gasteiger partial charge in [0.15, 0.2) is 0 Å². The monoisotopic (exact) mass is 357 g/mol. The van der Waals surface area contributed by atoms with Crippen molar-refractivity contribution in [2.45, 2.75) is 39.5 Å². The molecule has 0 radical (unpaired) electrons. The number of carbonyl (C=O) groups excluding carboxylic acids is 2. The van der Waals surface area contributed by atoms with Gasteiger partial charge >= 0.3 is 0 Å². The molecule has 2 aromatic rings. The van der Waals surface area contributed by atoms with Gasteiger partial charge < -0.3 is 9.47 Å². The Kier molecular flexibility index (Phi) is 5.42. The van der Waals surface area contributed by atoms with Crippen LogP contribution in [0.2, 0.25) is 0 Å². The summed E-state index contributed by atoms with van der Waals surface area (Å²) in [5, 5.41) is 11.2. The van der Waals surface area contributed by atoms with Crippen molar-refractivity contribution in [1.29, 1.82) is 0 Å². The minimum Gasteiger partial charge on any atom is -0.493 e. The molecule has 3 rings (SSSR count). The van der Waals surface area contributed by atoms with Crippen molar-refractivity contribution < 1.29 is 24.3 Å². The zero-order valence-corrected chi connectivity index (χ0v) is 15.1. The van der Waals surface area contributed by atoms with Crippen LogP contribution in [0.25, 0.3) is 10.8 Å². The molecule has 26 heavy (non-hydrogen) atoms. The van der Waals surface area contributed by atoms with E-state index in [1.807, 2.05) is 6.92 Å². The van der Waals surface area contributed by atoms with E-state index in [-0.39, 0.29) is 16.2 Å². The maximum atomic E-state index is 12.6. The van der Waals surface area contributed by atoms with Crippen molar-refractivity contribution in [3.8, 4) is 11.5 Å². The first kappa shape index (κ1) is 18.2. The van der Waals surface area contributed by atoms with E-state index in [0.717, 1.165) is 25.7 Å². The summed E-state index contributed by atoms with van der Waals surface area (Å²) in [6, 6.07) is 6.79. The van der Waals surface area contributed by atoms with Crippen LogP contribution in [0.15, 0.2) is 24.3 Å². The fraction of sp³-hybridized carbons (Fsp3) is 0.400. The van der Waals surface area contributed by atoms with Crippen LogP contribution < -0.4 is 9.47 Å². The van der Waals surface area contributed by atoms with E-state index in [4.69, 9.17) is 9.47 Å². The SMILES string of the molecule is CCCCOc1ccc2c(OCCCC)ccc3c2c1C(=O)N(O)C3=O. The molecule has 0 atom stereocenters. The Labute approximate surface area is 152 Å². The molecular weight excluding hydrogens is 334 g/mol. The van der Waals surface area contributed by atoms with Gasteiger partial charge in [0.25, 0.3) is 11.8 Å². The summed E-state index contributed by atoms with van der Waals surface area (Å²) in [4.78, 5) is 24.9. The van der Waals surface area contributed by atoms with Gasteiger partial charge in [0.1, 0.15) is 11.5 Å². The van der Waals surface area contributed by atoms with Crippen LogP contribution in [-0.2, 0) is 0 Å². The summed E-state index contributed by atoms with van der Waals surface area (Å²) in [6.45, 7) is 5.14. The van der Waals surface area contributed by atoms with Crippen molar-refractivity contribution >= 4 is 22.6 Å². The number of ether oxygens (including phenoxy) is 2. The Morgan fingerprint density at radius 2 is 1.50 bits per heavy atom. The first-order valence-electron chi connectivity index (χ1n) is 9.03. The van der Waals surface area contributed by atoms with E-state index in [9.17, 15) is 14.8 Å². The Morgan fingerprint density at radius 3 is 2.15 bits per heavy atom. The standard InChI is InChI=1S/C20H23NO5/c1-3-5-11-25-15-9-8-14-17-13(15)7-10-16(26-12-6-4-2)18(17)20(23)21(24)19(14)22/h7-10,24H,3-6,11-12H2,1-2H3. The Hall–Kier alpha value is -2.60. The number of nitrogens with zero attached hydrogens (tertiary/aromatic N) is 1. The highest BCUT2D eigenvalue weighted by Gasteiger charge is 2.35. The molecule has 0 fully saturated rings. The lowest BCUT2D eigenvalue weighted by Crippen LogP contribution is -2.37. The summed E-state index contributed by atoms with van der Waals surface area (Å²) >= 11 is 0. The molecule has 0 aliphatic carbocycles. The largest absolute Gasteiger partial charge is 0.493 e. The predicted octanol–water partition coefficient (Wildman–Crippen LogP) is 4.18. The fourth-order valence-corrected chi connectivity index (χ4v) is 3.00. The van der Waals surface area contributed by atoms with Gasteiger partial charge in [-0.15, -0.1) is 5.06 Å². The number of benzene rings is 2. The average molecular weight is 357 g/mol. The maximum Gasteiger partial charge on any atom is 0.289 e. The number of rotatable bonds is 8. The third-order valence-electron chi connectivity index (χ3n) is 4.44. The zero-order chi connectivity index (χ0) is 18.7. The van der Waals surface area contributed by atoms with Crippen LogP contribution in [0.5, 0.6) is 11.5 Å². The average Bonchev–Trinajstić information content (AvgIpc) is 2.65. The topological polar surface area (TPSA) is 76.1 Å². The highest BCUT2D eigenvalue weighted by atomic mass is 16.5. The summed E-state index contributed by atoms with van der Waals surface area (Å²) in [5.74, 6) is -0.524. The summed E-state index contributed by atoms with van der Waals surface area (Å²) < 4.78 is 11.6. The van der Waals surface area contributed by atoms with E-state index < -0.39 is 11.8 Å². The Balaban J connectivity index is 2.14. The number of carbonyl (C=O) groups is 2. The molecule has 2 aromatic carbocycles. The lowest BCUT2D eigenvalue weighted by atomic mass is 9.93. The van der Waals surface area contributed by atoms with Gasteiger partial charge in [0, 0.05) is 10.8 Å². The van der Waals surface area contributed by atoms with Gasteiger partial charge in [-0.3, -0.25) is 14.8 Å². The predicted molar refractivity (Wildman–Crippen MR) is 97.0 cm³/mol. The molecule has 0 saturated heterocycles. The molecule has 1 heterocycles. The van der Waals surface area contributed by atoms with E-state index in [1.165, 1.54) is 0 Å². The summed E-state index contributed by atoms with van der Waals surface area (Å²) in [5.41, 5.74) is 0.470. The van der Waals surface area contributed by atoms with Crippen LogP contribution >= 0.6 is 0 Å². The second-order valence-electron chi connectivity index (χ2n) is 6.30. The molecule has 6 heteroatoms. The van der Waals surface area contributed by atoms with Crippen molar-refractivity contribution in [3.63, 3.8) is 0 Å². The molecule has 1 aliphatic heterocycles. The first-order valence-corrected chi connectivity index (χ1v) is 9.03. The van der Waals surface area contributed by atoms with Gasteiger partial charge in [-0.2, -0.15) is 0 Å². The Morgan fingerprint density at radius 1 is 0.885 bits per heavy atom. The normalized spacial score (nSPS) is 13.4. The minimum atomic E-state index is -0.773. The number of unbranched alkanes of at least 4 members (excludes halogenated alkanes) is 2. The molecular formula is C20H23NO5. The number of hydrogen-bond acceptors (Lipinski definition) is 5. The zero-order valence-electron chi connectivity index (χ0n) is 15.1. The molecule has 0 saturated carbocycles. The fourth-order valence-electron chi connectivity index (χ4n) is 3.00. The third kappa shape index (κ3) is 3.12. The lowest BCUT2D eigenvalue weighted by molar-refractivity contribution is -0.0379. The van der Waals surface area contributed by atoms with Crippen molar-refractivity contribution in [3.05, 3.63) is 35.4 Å². The number of hydrogen-bond donors (Lipinski definition) is 1. The smallest absolute Gasteiger partial charge is 0.289 e. The van der Waals surface area contributed by atoms with Gasteiger partial charge in [0.05, 0.1) is 24.3 Å². The van der Waals surface area contributed by atoms with Crippen molar-refractivity contribution in [2.24, 2.45) is 0 Å². The van der Waals surface area contributed by atoms with E-state index in [0.29, 0.717) is 35.5 Å². The number of imide groups is 1. The summed E-state index contributed by atoms with van der Waals surface area (Å²) in [6.07, 6.45) is 3.73. The van der Waals surface area contributed by atoms with E-state index in [2.05, 4.69) is 6.92 Å². The van der Waals surface area contributed by atoms with Crippen molar-refractivity contribution in [2.75, 3.05) is 13.2 Å². The molecule has 0 aromatic heterocycles. The molecule has 1 aliphatic rings. The molecule has 0 bridgehead atoms. The second kappa shape index (κ2) is 7.74. The van der Waals surface area contributed by atoms with E-state index in [1.54, 1.807) is 24.3 Å². The van der Waals surface area contributed by atoms with Gasteiger partial charge in [-0.05, 0) is 37.1 Å². The highest BCUT2D eigenvalue weighted by Crippen LogP contribution is 2.39. The van der Waals surface area contributed by atoms with Gasteiger partial charge in [0.2, 0.25) is 0 Å². The number of amides is 2. The molecule has 0 unspecified atom stereocenters. The molecule has 138 valence electrons. The first-order chi connectivity index (χ1) is 12.6. The van der Waals surface area contributed by atoms with Crippen LogP contribution in [0, 0.1) is 0 Å². The van der Waals surface area contributed by atoms with Crippen LogP contribution in [0.1, 0.15) is 60.2 Å². The minimum absolute atomic E-state index is 0.154. The number of hydroxylamine groups is 2. The molecule has 6 nitrogen and oxygen atoms in total. The molecule has 2 amide bonds. The quantitative estimate of drug-likeness (QED) is 0.436. The Bertz CT molecular complexity index is 846. The highest BCUT2D eigenvalue weighted by molar-refractivity contribution is 6.26.